The zero-order valence-electron chi connectivity index (χ0n) is 35.5. The van der Waals surface area contributed by atoms with Crippen LogP contribution >= 0.6 is 0 Å². The molecule has 238 valence electrons. The molecule has 0 saturated carbocycles. The van der Waals surface area contributed by atoms with Gasteiger partial charge in [0.2, 0.25) is 0 Å². The van der Waals surface area contributed by atoms with Crippen LogP contribution in [0.5, 0.6) is 0 Å². The van der Waals surface area contributed by atoms with E-state index in [1.54, 1.807) is 31.2 Å². The molecular weight excluding hydrogens is 733 g/mol. The second-order valence-corrected chi connectivity index (χ2v) is 18.7. The first-order chi connectivity index (χ1) is 28.0. The van der Waals surface area contributed by atoms with E-state index in [9.17, 15) is 0 Å². The van der Waals surface area contributed by atoms with Crippen molar-refractivity contribution in [1.29, 1.82) is 0 Å². The number of fused-ring (bicyclic) bond motifs is 2. The molecule has 0 heterocycles. The van der Waals surface area contributed by atoms with Crippen LogP contribution in [0, 0.1) is 6.92 Å². The summed E-state index contributed by atoms with van der Waals surface area (Å²) < 4.78 is 0. The van der Waals surface area contributed by atoms with E-state index in [2.05, 4.69) is 0 Å². The second kappa shape index (κ2) is 15.1. The molecule has 2 aliphatic carbocycles. The molecule has 0 fully saturated rings. The van der Waals surface area contributed by atoms with Crippen LogP contribution < -0.4 is 0 Å². The fraction of sp³-hybridized carbons (Fsp3) is 0.471. The van der Waals surface area contributed by atoms with Crippen LogP contribution in [0.25, 0.3) is 22.3 Å². The average molecular weight is 745 g/mol. The average Bonchev–Trinajstić information content (AvgIpc) is 3.03. The predicted molar refractivity (Wildman–Crippen MR) is 291 cm³/mol. The summed E-state index contributed by atoms with van der Waals surface area (Å²) >= 11 is 0. The van der Waals surface area contributed by atoms with Crippen molar-refractivity contribution in [3.8, 4) is 22.3 Å². The Morgan fingerprint density at radius 3 is 0.844 bits per heavy atom. The molecule has 0 aromatic heterocycles. The minimum Gasteiger partial charge on any atom is -0.129 e. The molecular formula is C34H12B30. The van der Waals surface area contributed by atoms with Gasteiger partial charge in [-0.15, -0.1) is 56.6 Å². The quantitative estimate of drug-likeness (QED) is 0.194. The minimum atomic E-state index is -2.91. The van der Waals surface area contributed by atoms with Gasteiger partial charge in [0.15, 0.2) is 0 Å². The third-order valence-electron chi connectivity index (χ3n) is 13.9. The van der Waals surface area contributed by atoms with E-state index in [1.807, 2.05) is 0 Å². The molecule has 2 aliphatic rings. The van der Waals surface area contributed by atoms with Gasteiger partial charge in [-0.1, -0.05) is 53.8 Å². The molecule has 60 radical (unpaired) electrons. The SMILES string of the molecule is [B]C([B])([B])C1([B])c2ccc(-c3cc(C)cc(-c4ccc5c(c4)C(C([B])([B])[B])(C([B])([B])[B])C([B])([B])C([B])([B])C5(C([B])([B])[B])C([B])([B])[B])c3)cc2C(C([B])([B])[B])(C([B])([B])[B])C([B])([B])C1([B])[B]. The largest absolute Gasteiger partial charge is 0.129 e. The molecule has 0 bridgehead atoms. The van der Waals surface area contributed by atoms with Gasteiger partial charge in [0, 0.05) is 0 Å². The maximum atomic E-state index is 6.92. The number of aryl methyl sites for hydroxylation is 1. The normalized spacial score (nSPS) is 23.4. The first kappa shape index (κ1) is 54.5. The summed E-state index contributed by atoms with van der Waals surface area (Å²) in [6, 6.07) is 13.8. The Morgan fingerprint density at radius 2 is 0.547 bits per heavy atom. The van der Waals surface area contributed by atoms with E-state index in [1.165, 1.54) is 30.3 Å². The van der Waals surface area contributed by atoms with Gasteiger partial charge in [-0.25, -0.2) is 0 Å². The molecule has 30 heteroatoms. The van der Waals surface area contributed by atoms with Crippen LogP contribution in [0.4, 0.5) is 0 Å². The molecule has 0 saturated heterocycles. The second-order valence-electron chi connectivity index (χ2n) is 18.7. The summed E-state index contributed by atoms with van der Waals surface area (Å²) in [6.45, 7) is 1.76. The van der Waals surface area contributed by atoms with Crippen molar-refractivity contribution in [2.75, 3.05) is 0 Å². The fourth-order valence-electron chi connectivity index (χ4n) is 11.3. The van der Waals surface area contributed by atoms with Crippen molar-refractivity contribution in [3.63, 3.8) is 0 Å². The van der Waals surface area contributed by atoms with E-state index in [0.717, 1.165) is 0 Å². The minimum absolute atomic E-state index is 0.128. The highest BCUT2D eigenvalue weighted by Crippen LogP contribution is 2.83. The predicted octanol–water partition coefficient (Wildman–Crippen LogP) is -4.70. The summed E-state index contributed by atoms with van der Waals surface area (Å²) in [7, 11) is 197. The standard InChI is InChI=1S/C34H12B30/c1-11-6-14(12-2-4-16-18(9-12)21(30(50,51)52,31(53,54)55)25(38,39)24(36,37)20(16,28(44,45)46)29(47,48)49)8-15(7-11)13-3-5-17-19(10-13)22(32(56,57)58,33(59,60)61)26(40,41)27(42,43)23(17,35)34(62,63)64/h2-10H,1H3. The third kappa shape index (κ3) is 6.50. The first-order valence-electron chi connectivity index (χ1n) is 19.1. The highest BCUT2D eigenvalue weighted by Gasteiger charge is 2.73. The maximum absolute atomic E-state index is 6.92. The molecule has 0 N–H and O–H groups in total. The van der Waals surface area contributed by atoms with E-state index in [-0.39, 0.29) is 22.3 Å². The van der Waals surface area contributed by atoms with Crippen LogP contribution in [0.3, 0.4) is 0 Å². The maximum Gasteiger partial charge on any atom is 0.0775 e. The van der Waals surface area contributed by atoms with Crippen molar-refractivity contribution in [2.45, 2.75) is 85.1 Å². The van der Waals surface area contributed by atoms with Gasteiger partial charge in [-0.05, 0) is 79.3 Å². The van der Waals surface area contributed by atoms with Crippen molar-refractivity contribution in [3.05, 3.63) is 82.4 Å². The Hall–Kier alpha value is -0.392. The molecule has 0 nitrogen and oxygen atoms in total. The van der Waals surface area contributed by atoms with Crippen LogP contribution in [0.15, 0.2) is 54.6 Å². The number of benzene rings is 3. The monoisotopic (exact) mass is 750 g/mol. The fourth-order valence-corrected chi connectivity index (χ4v) is 11.3. The molecule has 1 unspecified atom stereocenters. The molecule has 3 aromatic rings. The van der Waals surface area contributed by atoms with Crippen molar-refractivity contribution in [2.24, 2.45) is 0 Å². The molecule has 5 rings (SSSR count). The Labute approximate surface area is 422 Å². The number of hydrogen-bond donors (Lipinski definition) is 0. The van der Waals surface area contributed by atoms with E-state index in [4.69, 9.17) is 235 Å². The molecule has 0 aliphatic heterocycles. The van der Waals surface area contributed by atoms with Gasteiger partial charge in [-0.2, -0.15) is 0 Å². The van der Waals surface area contributed by atoms with E-state index >= 15 is 0 Å². The summed E-state index contributed by atoms with van der Waals surface area (Å²) in [5, 5.41) is -32.2. The Balaban J connectivity index is 1.97. The Kier molecular flexibility index (Phi) is 12.8. The van der Waals surface area contributed by atoms with Crippen molar-refractivity contribution >= 4 is 235 Å². The molecule has 64 heavy (non-hydrogen) atoms. The summed E-state index contributed by atoms with van der Waals surface area (Å²) in [5.41, 5.74) is -6.64. The lowest BCUT2D eigenvalue weighted by atomic mass is 8.99. The Bertz CT molecular complexity index is 2300. The molecule has 0 amide bonds. The lowest BCUT2D eigenvalue weighted by molar-refractivity contribution is 0.212. The zero-order valence-corrected chi connectivity index (χ0v) is 35.5. The highest BCUT2D eigenvalue weighted by atomic mass is 14.7. The van der Waals surface area contributed by atoms with Gasteiger partial charge in [-0.3, -0.25) is 0 Å². The zero-order chi connectivity index (χ0) is 50.1. The van der Waals surface area contributed by atoms with E-state index in [0.29, 0.717) is 27.8 Å². The van der Waals surface area contributed by atoms with Crippen LogP contribution in [0.1, 0.15) is 27.8 Å². The van der Waals surface area contributed by atoms with Gasteiger partial charge >= 0.3 is 0 Å². The lowest BCUT2D eigenvalue weighted by Crippen LogP contribution is -2.74. The lowest BCUT2D eigenvalue weighted by Gasteiger charge is -2.82. The summed E-state index contributed by atoms with van der Waals surface area (Å²) in [5.74, 6) is 0. The Morgan fingerprint density at radius 1 is 0.281 bits per heavy atom. The van der Waals surface area contributed by atoms with Gasteiger partial charge in [0.05, 0.1) is 235 Å². The third-order valence-corrected chi connectivity index (χ3v) is 13.9. The molecule has 1 atom stereocenters. The summed E-state index contributed by atoms with van der Waals surface area (Å²) in [4.78, 5) is 0. The first-order valence-corrected chi connectivity index (χ1v) is 19.1. The topological polar surface area (TPSA) is 0 Å². The van der Waals surface area contributed by atoms with Crippen molar-refractivity contribution in [1.82, 2.24) is 0 Å². The summed E-state index contributed by atoms with van der Waals surface area (Å²) in [6.07, 6.45) is 0. The smallest absolute Gasteiger partial charge is 0.0775 e. The van der Waals surface area contributed by atoms with Crippen LogP contribution in [0.2, 0.25) is 56.6 Å². The molecule has 3 aromatic carbocycles. The van der Waals surface area contributed by atoms with Crippen LogP contribution in [-0.4, -0.2) is 235 Å². The highest BCUT2D eigenvalue weighted by molar-refractivity contribution is 6.74. The number of rotatable bonds is 9. The molecule has 0 spiro atoms. The van der Waals surface area contributed by atoms with Crippen LogP contribution in [-0.2, 0) is 21.6 Å². The van der Waals surface area contributed by atoms with Gasteiger partial charge in [0.25, 0.3) is 0 Å². The number of hydrogen-bond acceptors (Lipinski definition) is 0. The van der Waals surface area contributed by atoms with Gasteiger partial charge < -0.3 is 0 Å². The van der Waals surface area contributed by atoms with Gasteiger partial charge in [0.1, 0.15) is 0 Å². The van der Waals surface area contributed by atoms with Crippen molar-refractivity contribution < 1.29 is 0 Å². The van der Waals surface area contributed by atoms with E-state index < -0.39 is 78.2 Å².